The van der Waals surface area contributed by atoms with Crippen molar-refractivity contribution in [2.75, 3.05) is 18.5 Å². The summed E-state index contributed by atoms with van der Waals surface area (Å²) in [6, 6.07) is 6.82. The number of nitrogens with one attached hydrogen (secondary N) is 1. The number of aliphatic hydroxyl groups excluding tert-OH is 1. The molecule has 0 aliphatic carbocycles. The Morgan fingerprint density at radius 2 is 2.00 bits per heavy atom. The highest BCUT2D eigenvalue weighted by molar-refractivity contribution is 5.89. The van der Waals surface area contributed by atoms with E-state index in [9.17, 15) is 4.79 Å². The molecule has 3 N–H and O–H groups in total. The van der Waals surface area contributed by atoms with Crippen molar-refractivity contribution in [1.82, 2.24) is 0 Å². The van der Waals surface area contributed by atoms with Gasteiger partial charge in [0.25, 0.3) is 0 Å². The third-order valence-corrected chi connectivity index (χ3v) is 2.13. The SMILES string of the molecule is CCOC(=O)c1ccc(NCCC(O)O)cc1. The van der Waals surface area contributed by atoms with Crippen molar-refractivity contribution in [1.29, 1.82) is 0 Å². The topological polar surface area (TPSA) is 78.8 Å². The largest absolute Gasteiger partial charge is 0.462 e. The average Bonchev–Trinajstić information content (AvgIpc) is 2.30. The van der Waals surface area contributed by atoms with Crippen LogP contribution in [0.5, 0.6) is 0 Å². The predicted molar refractivity (Wildman–Crippen MR) is 63.7 cm³/mol. The molecule has 1 aromatic carbocycles. The summed E-state index contributed by atoms with van der Waals surface area (Å²) in [6.07, 6.45) is -1.05. The van der Waals surface area contributed by atoms with Gasteiger partial charge >= 0.3 is 5.97 Å². The van der Waals surface area contributed by atoms with Crippen LogP contribution in [0.25, 0.3) is 0 Å². The monoisotopic (exact) mass is 239 g/mol. The Morgan fingerprint density at radius 3 is 2.53 bits per heavy atom. The quantitative estimate of drug-likeness (QED) is 0.509. The second-order valence-corrected chi connectivity index (χ2v) is 3.49. The lowest BCUT2D eigenvalue weighted by atomic mass is 10.2. The van der Waals surface area contributed by atoms with E-state index in [4.69, 9.17) is 14.9 Å². The molecule has 0 unspecified atom stereocenters. The Bertz CT molecular complexity index is 348. The summed E-state index contributed by atoms with van der Waals surface area (Å²) in [7, 11) is 0. The van der Waals surface area contributed by atoms with Gasteiger partial charge in [0.15, 0.2) is 6.29 Å². The minimum Gasteiger partial charge on any atom is -0.462 e. The van der Waals surface area contributed by atoms with Crippen LogP contribution < -0.4 is 5.32 Å². The number of aliphatic hydroxyl groups is 2. The lowest BCUT2D eigenvalue weighted by Crippen LogP contribution is -2.12. The normalized spacial score (nSPS) is 10.4. The maximum absolute atomic E-state index is 11.4. The Balaban J connectivity index is 2.47. The molecule has 0 saturated heterocycles. The fourth-order valence-corrected chi connectivity index (χ4v) is 1.28. The van der Waals surface area contributed by atoms with Crippen molar-refractivity contribution in [3.05, 3.63) is 29.8 Å². The van der Waals surface area contributed by atoms with E-state index in [0.717, 1.165) is 5.69 Å². The zero-order valence-electron chi connectivity index (χ0n) is 9.72. The number of hydrogen-bond acceptors (Lipinski definition) is 5. The van der Waals surface area contributed by atoms with E-state index in [0.29, 0.717) is 18.7 Å². The first-order chi connectivity index (χ1) is 8.13. The first kappa shape index (κ1) is 13.5. The van der Waals surface area contributed by atoms with Gasteiger partial charge in [0, 0.05) is 18.7 Å². The van der Waals surface area contributed by atoms with Crippen molar-refractivity contribution in [3.8, 4) is 0 Å². The van der Waals surface area contributed by atoms with E-state index >= 15 is 0 Å². The van der Waals surface area contributed by atoms with Gasteiger partial charge in [-0.3, -0.25) is 0 Å². The van der Waals surface area contributed by atoms with Crippen molar-refractivity contribution in [2.24, 2.45) is 0 Å². The van der Waals surface area contributed by atoms with Crippen molar-refractivity contribution in [3.63, 3.8) is 0 Å². The second kappa shape index (κ2) is 6.88. The molecule has 0 bridgehead atoms. The maximum Gasteiger partial charge on any atom is 0.338 e. The minimum absolute atomic E-state index is 0.250. The van der Waals surface area contributed by atoms with Crippen LogP contribution in [0.15, 0.2) is 24.3 Å². The van der Waals surface area contributed by atoms with Crippen LogP contribution >= 0.6 is 0 Å². The molecule has 94 valence electrons. The molecule has 0 aliphatic rings. The molecule has 0 aromatic heterocycles. The molecule has 0 aliphatic heterocycles. The summed E-state index contributed by atoms with van der Waals surface area (Å²) in [5, 5.41) is 20.3. The number of benzene rings is 1. The molecule has 0 amide bonds. The van der Waals surface area contributed by atoms with Crippen LogP contribution in [-0.2, 0) is 4.74 Å². The van der Waals surface area contributed by atoms with Gasteiger partial charge in [0.1, 0.15) is 0 Å². The molecule has 0 saturated carbocycles. The van der Waals surface area contributed by atoms with Crippen molar-refractivity contribution in [2.45, 2.75) is 19.6 Å². The Morgan fingerprint density at radius 1 is 1.35 bits per heavy atom. The van der Waals surface area contributed by atoms with Gasteiger partial charge < -0.3 is 20.3 Å². The highest BCUT2D eigenvalue weighted by atomic mass is 16.5. The van der Waals surface area contributed by atoms with Crippen LogP contribution in [0.2, 0.25) is 0 Å². The molecule has 0 spiro atoms. The summed E-state index contributed by atoms with van der Waals surface area (Å²) in [6.45, 7) is 2.57. The van der Waals surface area contributed by atoms with Gasteiger partial charge in [-0.1, -0.05) is 0 Å². The molecule has 1 aromatic rings. The highest BCUT2D eigenvalue weighted by Gasteiger charge is 2.05. The summed E-state index contributed by atoms with van der Waals surface area (Å²) in [4.78, 5) is 11.4. The lowest BCUT2D eigenvalue weighted by Gasteiger charge is -2.08. The third-order valence-electron chi connectivity index (χ3n) is 2.13. The van der Waals surface area contributed by atoms with E-state index in [1.54, 1.807) is 31.2 Å². The molecule has 5 heteroatoms. The molecular formula is C12H17NO4. The van der Waals surface area contributed by atoms with E-state index < -0.39 is 6.29 Å². The molecular weight excluding hydrogens is 222 g/mol. The summed E-state index contributed by atoms with van der Waals surface area (Å²) >= 11 is 0. The van der Waals surface area contributed by atoms with Crippen LogP contribution in [0.3, 0.4) is 0 Å². The molecule has 0 atom stereocenters. The van der Waals surface area contributed by atoms with Crippen LogP contribution in [0.1, 0.15) is 23.7 Å². The zero-order chi connectivity index (χ0) is 12.7. The third kappa shape index (κ3) is 4.84. The van der Waals surface area contributed by atoms with E-state index in [2.05, 4.69) is 5.32 Å². The van der Waals surface area contributed by atoms with E-state index in [1.165, 1.54) is 0 Å². The number of esters is 1. The smallest absolute Gasteiger partial charge is 0.338 e. The van der Waals surface area contributed by atoms with Gasteiger partial charge in [-0.05, 0) is 31.2 Å². The average molecular weight is 239 g/mol. The fourth-order valence-electron chi connectivity index (χ4n) is 1.28. The van der Waals surface area contributed by atoms with Crippen LogP contribution in [0.4, 0.5) is 5.69 Å². The number of carbonyl (C=O) groups excluding carboxylic acids is 1. The standard InChI is InChI=1S/C12H17NO4/c1-2-17-12(16)9-3-5-10(6-4-9)13-8-7-11(14)15/h3-6,11,13-15H,2,7-8H2,1H3. The molecule has 5 nitrogen and oxygen atoms in total. The number of anilines is 1. The summed E-state index contributed by atoms with van der Waals surface area (Å²) in [5.74, 6) is -0.343. The Kier molecular flexibility index (Phi) is 5.45. The van der Waals surface area contributed by atoms with Crippen LogP contribution in [-0.4, -0.2) is 35.6 Å². The maximum atomic E-state index is 11.4. The van der Waals surface area contributed by atoms with Gasteiger partial charge in [0.2, 0.25) is 0 Å². The second-order valence-electron chi connectivity index (χ2n) is 3.49. The molecule has 17 heavy (non-hydrogen) atoms. The first-order valence-electron chi connectivity index (χ1n) is 5.50. The summed E-state index contributed by atoms with van der Waals surface area (Å²) < 4.78 is 4.85. The van der Waals surface area contributed by atoms with Crippen molar-refractivity contribution >= 4 is 11.7 Å². The van der Waals surface area contributed by atoms with Gasteiger partial charge in [-0.15, -0.1) is 0 Å². The minimum atomic E-state index is -1.30. The molecule has 1 rings (SSSR count). The Labute approximate surface area is 100 Å². The molecule has 0 fully saturated rings. The number of ether oxygens (including phenoxy) is 1. The first-order valence-corrected chi connectivity index (χ1v) is 5.50. The van der Waals surface area contributed by atoms with Gasteiger partial charge in [0.05, 0.1) is 12.2 Å². The van der Waals surface area contributed by atoms with Crippen LogP contribution in [0, 0.1) is 0 Å². The van der Waals surface area contributed by atoms with Crippen molar-refractivity contribution < 1.29 is 19.7 Å². The van der Waals surface area contributed by atoms with E-state index in [-0.39, 0.29) is 12.4 Å². The fraction of sp³-hybridized carbons (Fsp3) is 0.417. The number of rotatable bonds is 6. The highest BCUT2D eigenvalue weighted by Crippen LogP contribution is 2.10. The summed E-state index contributed by atoms with van der Waals surface area (Å²) in [5.41, 5.74) is 1.32. The lowest BCUT2D eigenvalue weighted by molar-refractivity contribution is -0.0423. The number of carbonyl (C=O) groups is 1. The molecule has 0 radical (unpaired) electrons. The predicted octanol–water partition coefficient (Wildman–Crippen LogP) is 0.976. The van der Waals surface area contributed by atoms with Gasteiger partial charge in [-0.2, -0.15) is 0 Å². The van der Waals surface area contributed by atoms with Gasteiger partial charge in [-0.25, -0.2) is 4.79 Å². The molecule has 0 heterocycles. The Hall–Kier alpha value is -1.59. The van der Waals surface area contributed by atoms with E-state index in [1.807, 2.05) is 0 Å². The zero-order valence-corrected chi connectivity index (χ0v) is 9.72. The number of hydrogen-bond donors (Lipinski definition) is 3.